The molecule has 0 spiro atoms. The van der Waals surface area contributed by atoms with Crippen LogP contribution < -0.4 is 10.6 Å². The van der Waals surface area contributed by atoms with Crippen LogP contribution in [0.1, 0.15) is 20.8 Å². The number of anilines is 2. The van der Waals surface area contributed by atoms with E-state index in [1.165, 1.54) is 0 Å². The van der Waals surface area contributed by atoms with Crippen molar-refractivity contribution in [1.29, 1.82) is 0 Å². The summed E-state index contributed by atoms with van der Waals surface area (Å²) in [6, 6.07) is 5.50. The van der Waals surface area contributed by atoms with Crippen LogP contribution in [0.4, 0.5) is 16.2 Å². The molecule has 1 aliphatic heterocycles. The number of piperazine rings is 1. The van der Waals surface area contributed by atoms with Gasteiger partial charge in [-0.2, -0.15) is 0 Å². The summed E-state index contributed by atoms with van der Waals surface area (Å²) in [5, 5.41) is 0.640. The molecule has 0 atom stereocenters. The Morgan fingerprint density at radius 3 is 2.38 bits per heavy atom. The largest absolute Gasteiger partial charge is 0.444 e. The van der Waals surface area contributed by atoms with Crippen molar-refractivity contribution >= 4 is 29.1 Å². The molecule has 1 heterocycles. The predicted molar refractivity (Wildman–Crippen MR) is 85.9 cm³/mol. The number of carbonyl (C=O) groups is 1. The Morgan fingerprint density at radius 2 is 1.86 bits per heavy atom. The highest BCUT2D eigenvalue weighted by atomic mass is 35.5. The van der Waals surface area contributed by atoms with E-state index < -0.39 is 5.60 Å². The lowest BCUT2D eigenvalue weighted by Gasteiger charge is -2.37. The zero-order chi connectivity index (χ0) is 15.6. The van der Waals surface area contributed by atoms with Gasteiger partial charge in [0, 0.05) is 31.9 Å². The van der Waals surface area contributed by atoms with E-state index in [9.17, 15) is 4.79 Å². The highest BCUT2D eigenvalue weighted by Crippen LogP contribution is 2.28. The Morgan fingerprint density at radius 1 is 1.24 bits per heavy atom. The molecule has 0 radical (unpaired) electrons. The van der Waals surface area contributed by atoms with Crippen molar-refractivity contribution in [1.82, 2.24) is 4.90 Å². The summed E-state index contributed by atoms with van der Waals surface area (Å²) in [6.07, 6.45) is -0.259. The van der Waals surface area contributed by atoms with Crippen LogP contribution in [0.15, 0.2) is 18.2 Å². The summed E-state index contributed by atoms with van der Waals surface area (Å²) >= 11 is 6.22. The maximum Gasteiger partial charge on any atom is 0.410 e. The second kappa shape index (κ2) is 6.02. The van der Waals surface area contributed by atoms with Gasteiger partial charge in [-0.25, -0.2) is 4.79 Å². The molecule has 1 fully saturated rings. The molecule has 1 aliphatic rings. The molecule has 1 saturated heterocycles. The van der Waals surface area contributed by atoms with Crippen molar-refractivity contribution in [3.05, 3.63) is 23.2 Å². The van der Waals surface area contributed by atoms with Crippen LogP contribution in [0.25, 0.3) is 0 Å². The van der Waals surface area contributed by atoms with Crippen molar-refractivity contribution in [2.75, 3.05) is 36.8 Å². The maximum atomic E-state index is 12.0. The lowest BCUT2D eigenvalue weighted by atomic mass is 10.2. The van der Waals surface area contributed by atoms with Crippen molar-refractivity contribution in [3.63, 3.8) is 0 Å². The fourth-order valence-corrected chi connectivity index (χ4v) is 2.54. The Balaban J connectivity index is 1.95. The van der Waals surface area contributed by atoms with E-state index >= 15 is 0 Å². The van der Waals surface area contributed by atoms with E-state index in [2.05, 4.69) is 4.90 Å². The van der Waals surface area contributed by atoms with Gasteiger partial charge < -0.3 is 20.3 Å². The lowest BCUT2D eigenvalue weighted by Crippen LogP contribution is -2.50. The fraction of sp³-hybridized carbons (Fsp3) is 0.533. The molecule has 1 amide bonds. The first-order valence-electron chi connectivity index (χ1n) is 7.04. The molecule has 0 saturated carbocycles. The minimum atomic E-state index is -0.464. The Kier molecular flexibility index (Phi) is 4.52. The number of hydrogen-bond donors (Lipinski definition) is 1. The molecule has 5 nitrogen and oxygen atoms in total. The minimum absolute atomic E-state index is 0.259. The topological polar surface area (TPSA) is 58.8 Å². The number of carbonyl (C=O) groups excluding carboxylic acids is 1. The van der Waals surface area contributed by atoms with Gasteiger partial charge in [-0.15, -0.1) is 0 Å². The standard InChI is InChI=1S/C15H22ClN3O2/c1-15(2,3)21-14(20)19-8-6-18(7-9-19)13-5-4-11(17)10-12(13)16/h4-5,10H,6-9,17H2,1-3H3. The van der Waals surface area contributed by atoms with Crippen LogP contribution in [0.5, 0.6) is 0 Å². The van der Waals surface area contributed by atoms with E-state index in [-0.39, 0.29) is 6.09 Å². The number of nitrogens with zero attached hydrogens (tertiary/aromatic N) is 2. The summed E-state index contributed by atoms with van der Waals surface area (Å²) in [4.78, 5) is 15.9. The summed E-state index contributed by atoms with van der Waals surface area (Å²) in [6.45, 7) is 8.30. The Bertz CT molecular complexity index is 520. The van der Waals surface area contributed by atoms with Crippen molar-refractivity contribution in [2.24, 2.45) is 0 Å². The molecule has 0 aliphatic carbocycles. The number of benzene rings is 1. The number of nitrogens with two attached hydrogens (primary N) is 1. The second-order valence-electron chi connectivity index (χ2n) is 6.17. The molecule has 1 aromatic rings. The number of nitrogen functional groups attached to an aromatic ring is 1. The number of rotatable bonds is 1. The number of ether oxygens (including phenoxy) is 1. The third-order valence-corrected chi connectivity index (χ3v) is 3.55. The van der Waals surface area contributed by atoms with Gasteiger partial charge in [0.05, 0.1) is 10.7 Å². The smallest absolute Gasteiger partial charge is 0.410 e. The molecule has 0 unspecified atom stereocenters. The SMILES string of the molecule is CC(C)(C)OC(=O)N1CCN(c2ccc(N)cc2Cl)CC1. The van der Waals surface area contributed by atoms with Gasteiger partial charge in [-0.3, -0.25) is 0 Å². The number of halogens is 1. The van der Waals surface area contributed by atoms with Crippen LogP contribution in [0.2, 0.25) is 5.02 Å². The molecule has 6 heteroatoms. The molecule has 21 heavy (non-hydrogen) atoms. The van der Waals surface area contributed by atoms with Crippen LogP contribution in [-0.4, -0.2) is 42.8 Å². The molecular weight excluding hydrogens is 290 g/mol. The fourth-order valence-electron chi connectivity index (χ4n) is 2.24. The summed E-state index contributed by atoms with van der Waals surface area (Å²) in [5.41, 5.74) is 6.84. The molecule has 2 N–H and O–H groups in total. The van der Waals surface area contributed by atoms with E-state index in [1.54, 1.807) is 11.0 Å². The lowest BCUT2D eigenvalue weighted by molar-refractivity contribution is 0.0240. The Hall–Kier alpha value is -1.62. The van der Waals surface area contributed by atoms with Gasteiger partial charge in [0.1, 0.15) is 5.60 Å². The van der Waals surface area contributed by atoms with E-state index in [1.807, 2.05) is 32.9 Å². The first-order valence-corrected chi connectivity index (χ1v) is 7.42. The average molecular weight is 312 g/mol. The normalized spacial score (nSPS) is 16.0. The van der Waals surface area contributed by atoms with Gasteiger partial charge in [0.15, 0.2) is 0 Å². The van der Waals surface area contributed by atoms with E-state index in [0.29, 0.717) is 23.8 Å². The molecule has 2 rings (SSSR count). The minimum Gasteiger partial charge on any atom is -0.444 e. The molecule has 1 aromatic carbocycles. The average Bonchev–Trinajstić information content (AvgIpc) is 2.37. The summed E-state index contributed by atoms with van der Waals surface area (Å²) in [7, 11) is 0. The van der Waals surface area contributed by atoms with E-state index in [4.69, 9.17) is 22.1 Å². The zero-order valence-corrected chi connectivity index (χ0v) is 13.5. The van der Waals surface area contributed by atoms with Gasteiger partial charge in [0.25, 0.3) is 0 Å². The van der Waals surface area contributed by atoms with Gasteiger partial charge in [-0.1, -0.05) is 11.6 Å². The second-order valence-corrected chi connectivity index (χ2v) is 6.57. The molecule has 0 aromatic heterocycles. The first-order chi connectivity index (χ1) is 9.76. The quantitative estimate of drug-likeness (QED) is 0.810. The third-order valence-electron chi connectivity index (χ3n) is 3.24. The van der Waals surface area contributed by atoms with Crippen molar-refractivity contribution in [2.45, 2.75) is 26.4 Å². The van der Waals surface area contributed by atoms with Gasteiger partial charge in [0.2, 0.25) is 0 Å². The predicted octanol–water partition coefficient (Wildman–Crippen LogP) is 2.98. The zero-order valence-electron chi connectivity index (χ0n) is 12.7. The molecular formula is C15H22ClN3O2. The van der Waals surface area contributed by atoms with Crippen LogP contribution in [0, 0.1) is 0 Å². The highest BCUT2D eigenvalue weighted by Gasteiger charge is 2.26. The maximum absolute atomic E-state index is 12.0. The van der Waals surface area contributed by atoms with Crippen LogP contribution in [0.3, 0.4) is 0 Å². The van der Waals surface area contributed by atoms with Gasteiger partial charge in [-0.05, 0) is 39.0 Å². The highest BCUT2D eigenvalue weighted by molar-refractivity contribution is 6.33. The Labute approximate surface area is 130 Å². The van der Waals surface area contributed by atoms with Crippen molar-refractivity contribution < 1.29 is 9.53 Å². The number of amides is 1. The van der Waals surface area contributed by atoms with Crippen molar-refractivity contribution in [3.8, 4) is 0 Å². The monoisotopic (exact) mass is 311 g/mol. The van der Waals surface area contributed by atoms with Crippen LogP contribution >= 0.6 is 11.6 Å². The molecule has 116 valence electrons. The van der Waals surface area contributed by atoms with Crippen LogP contribution in [-0.2, 0) is 4.74 Å². The summed E-state index contributed by atoms with van der Waals surface area (Å²) < 4.78 is 5.38. The first kappa shape index (κ1) is 15.8. The molecule has 0 bridgehead atoms. The third kappa shape index (κ3) is 4.17. The van der Waals surface area contributed by atoms with Gasteiger partial charge >= 0.3 is 6.09 Å². The van der Waals surface area contributed by atoms with E-state index in [0.717, 1.165) is 18.8 Å². The summed E-state index contributed by atoms with van der Waals surface area (Å²) in [5.74, 6) is 0. The number of hydrogen-bond acceptors (Lipinski definition) is 4.